The van der Waals surface area contributed by atoms with Crippen molar-refractivity contribution in [3.05, 3.63) is 29.8 Å². The molecule has 0 radical (unpaired) electrons. The molecule has 1 aromatic rings. The minimum Gasteiger partial charge on any atom is -0.465 e. The van der Waals surface area contributed by atoms with Crippen LogP contribution in [-0.2, 0) is 14.3 Å². The molecular formula is C19H26O5. The van der Waals surface area contributed by atoms with Crippen LogP contribution in [0.15, 0.2) is 24.3 Å². The molecule has 0 atom stereocenters. The summed E-state index contributed by atoms with van der Waals surface area (Å²) >= 11 is 0. The van der Waals surface area contributed by atoms with Crippen LogP contribution in [0.1, 0.15) is 63.7 Å². The Labute approximate surface area is 143 Å². The van der Waals surface area contributed by atoms with Gasteiger partial charge in [0.05, 0.1) is 6.61 Å². The van der Waals surface area contributed by atoms with Crippen LogP contribution in [0.5, 0.6) is 5.75 Å². The van der Waals surface area contributed by atoms with E-state index in [2.05, 4.69) is 6.92 Å². The SMILES string of the molecule is CCCCCCOC(=O)C(C)(C)C(=O)Oc1ccc(C(C)=O)cc1. The summed E-state index contributed by atoms with van der Waals surface area (Å²) in [7, 11) is 0. The van der Waals surface area contributed by atoms with Crippen LogP contribution < -0.4 is 4.74 Å². The molecule has 24 heavy (non-hydrogen) atoms. The van der Waals surface area contributed by atoms with Gasteiger partial charge in [0.2, 0.25) is 0 Å². The van der Waals surface area contributed by atoms with E-state index in [1.54, 1.807) is 12.1 Å². The smallest absolute Gasteiger partial charge is 0.328 e. The van der Waals surface area contributed by atoms with Crippen molar-refractivity contribution in [2.45, 2.75) is 53.4 Å². The Balaban J connectivity index is 2.57. The molecule has 0 bridgehead atoms. The van der Waals surface area contributed by atoms with Crippen LogP contribution in [0, 0.1) is 5.41 Å². The molecule has 0 N–H and O–H groups in total. The third-order valence-electron chi connectivity index (χ3n) is 3.72. The summed E-state index contributed by atoms with van der Waals surface area (Å²) in [5, 5.41) is 0. The Morgan fingerprint density at radius 1 is 0.958 bits per heavy atom. The van der Waals surface area contributed by atoms with Crippen LogP contribution in [0.4, 0.5) is 0 Å². The van der Waals surface area contributed by atoms with Crippen LogP contribution in [0.25, 0.3) is 0 Å². The Morgan fingerprint density at radius 3 is 2.12 bits per heavy atom. The molecule has 5 nitrogen and oxygen atoms in total. The van der Waals surface area contributed by atoms with Gasteiger partial charge in [-0.25, -0.2) is 0 Å². The maximum absolute atomic E-state index is 12.2. The van der Waals surface area contributed by atoms with E-state index in [9.17, 15) is 14.4 Å². The highest BCUT2D eigenvalue weighted by Gasteiger charge is 2.39. The Kier molecular flexibility index (Phi) is 7.62. The Bertz CT molecular complexity index is 572. The molecule has 0 heterocycles. The Hall–Kier alpha value is -2.17. The van der Waals surface area contributed by atoms with Gasteiger partial charge in [-0.1, -0.05) is 26.2 Å². The van der Waals surface area contributed by atoms with Gasteiger partial charge >= 0.3 is 11.9 Å². The number of carbonyl (C=O) groups excluding carboxylic acids is 3. The molecule has 0 aliphatic heterocycles. The lowest BCUT2D eigenvalue weighted by molar-refractivity contribution is -0.164. The van der Waals surface area contributed by atoms with Crippen LogP contribution in [0.2, 0.25) is 0 Å². The number of carbonyl (C=O) groups is 3. The maximum atomic E-state index is 12.2. The van der Waals surface area contributed by atoms with E-state index in [1.165, 1.54) is 32.9 Å². The molecule has 1 rings (SSSR count). The van der Waals surface area contributed by atoms with Gasteiger partial charge in [0.15, 0.2) is 11.2 Å². The normalized spacial score (nSPS) is 11.0. The third-order valence-corrected chi connectivity index (χ3v) is 3.72. The minimum absolute atomic E-state index is 0.0696. The van der Waals surface area contributed by atoms with E-state index < -0.39 is 17.4 Å². The standard InChI is InChI=1S/C19H26O5/c1-5-6-7-8-13-23-17(21)19(3,4)18(22)24-16-11-9-15(10-12-16)14(2)20/h9-12H,5-8,13H2,1-4H3. The summed E-state index contributed by atoms with van der Waals surface area (Å²) in [5.41, 5.74) is -0.857. The second-order valence-electron chi connectivity index (χ2n) is 6.29. The third kappa shape index (κ3) is 5.80. The summed E-state index contributed by atoms with van der Waals surface area (Å²) in [6, 6.07) is 6.20. The highest BCUT2D eigenvalue weighted by Crippen LogP contribution is 2.23. The van der Waals surface area contributed by atoms with Crippen molar-refractivity contribution in [3.63, 3.8) is 0 Å². The van der Waals surface area contributed by atoms with Gasteiger partial charge in [0.25, 0.3) is 0 Å². The van der Waals surface area contributed by atoms with Gasteiger partial charge in [0, 0.05) is 5.56 Å². The highest BCUT2D eigenvalue weighted by atomic mass is 16.6. The van der Waals surface area contributed by atoms with Gasteiger partial charge in [-0.15, -0.1) is 0 Å². The number of Topliss-reactive ketones (excluding diaryl/α,β-unsaturated/α-hetero) is 1. The first kappa shape index (κ1) is 19.9. The average Bonchev–Trinajstić information content (AvgIpc) is 2.54. The fraction of sp³-hybridized carbons (Fsp3) is 0.526. The molecule has 0 amide bonds. The highest BCUT2D eigenvalue weighted by molar-refractivity contribution is 6.00. The molecule has 0 aromatic heterocycles. The minimum atomic E-state index is -1.38. The second-order valence-corrected chi connectivity index (χ2v) is 6.29. The number of hydrogen-bond donors (Lipinski definition) is 0. The molecule has 5 heteroatoms. The molecule has 0 spiro atoms. The number of benzene rings is 1. The van der Waals surface area contributed by atoms with Gasteiger partial charge in [-0.2, -0.15) is 0 Å². The van der Waals surface area contributed by atoms with E-state index in [4.69, 9.17) is 9.47 Å². The number of ether oxygens (including phenoxy) is 2. The lowest BCUT2D eigenvalue weighted by Gasteiger charge is -2.20. The van der Waals surface area contributed by atoms with Crippen molar-refractivity contribution in [1.82, 2.24) is 0 Å². The Morgan fingerprint density at radius 2 is 1.58 bits per heavy atom. The lowest BCUT2D eigenvalue weighted by Crippen LogP contribution is -2.38. The topological polar surface area (TPSA) is 69.7 Å². The van der Waals surface area contributed by atoms with Crippen LogP contribution >= 0.6 is 0 Å². The zero-order valence-corrected chi connectivity index (χ0v) is 14.9. The van der Waals surface area contributed by atoms with E-state index in [0.29, 0.717) is 12.2 Å². The van der Waals surface area contributed by atoms with Crippen molar-refractivity contribution < 1.29 is 23.9 Å². The first-order valence-corrected chi connectivity index (χ1v) is 8.29. The number of esters is 2. The van der Waals surface area contributed by atoms with Crippen molar-refractivity contribution in [2.24, 2.45) is 5.41 Å². The summed E-state index contributed by atoms with van der Waals surface area (Å²) in [5.74, 6) is -1.06. The van der Waals surface area contributed by atoms with Crippen molar-refractivity contribution >= 4 is 17.7 Å². The van der Waals surface area contributed by atoms with Crippen molar-refractivity contribution in [2.75, 3.05) is 6.61 Å². The summed E-state index contributed by atoms with van der Waals surface area (Å²) in [6.45, 7) is 6.83. The first-order chi connectivity index (χ1) is 11.3. The number of rotatable bonds is 9. The molecule has 1 aromatic carbocycles. The first-order valence-electron chi connectivity index (χ1n) is 8.29. The van der Waals surface area contributed by atoms with Gasteiger partial charge < -0.3 is 9.47 Å². The molecular weight excluding hydrogens is 308 g/mol. The largest absolute Gasteiger partial charge is 0.465 e. The second kappa shape index (κ2) is 9.21. The van der Waals surface area contributed by atoms with Gasteiger partial charge in [-0.3, -0.25) is 14.4 Å². The van der Waals surface area contributed by atoms with E-state index in [-0.39, 0.29) is 11.5 Å². The summed E-state index contributed by atoms with van der Waals surface area (Å²) in [6.07, 6.45) is 3.99. The summed E-state index contributed by atoms with van der Waals surface area (Å²) < 4.78 is 10.4. The van der Waals surface area contributed by atoms with E-state index >= 15 is 0 Å². The number of unbranched alkanes of at least 4 members (excludes halogenated alkanes) is 3. The number of ketones is 1. The molecule has 0 saturated heterocycles. The molecule has 0 aliphatic rings. The van der Waals surface area contributed by atoms with E-state index in [1.807, 2.05) is 0 Å². The fourth-order valence-corrected chi connectivity index (χ4v) is 1.95. The monoisotopic (exact) mass is 334 g/mol. The zero-order chi connectivity index (χ0) is 18.2. The predicted molar refractivity (Wildman–Crippen MR) is 91.0 cm³/mol. The summed E-state index contributed by atoms with van der Waals surface area (Å²) in [4.78, 5) is 35.6. The zero-order valence-electron chi connectivity index (χ0n) is 14.9. The van der Waals surface area contributed by atoms with Gasteiger partial charge in [0.1, 0.15) is 5.75 Å². The molecule has 0 saturated carbocycles. The lowest BCUT2D eigenvalue weighted by atomic mass is 9.94. The van der Waals surface area contributed by atoms with Gasteiger partial charge in [-0.05, 0) is 51.5 Å². The van der Waals surface area contributed by atoms with Crippen LogP contribution in [-0.4, -0.2) is 24.3 Å². The molecule has 132 valence electrons. The quantitative estimate of drug-likeness (QED) is 0.225. The van der Waals surface area contributed by atoms with Crippen LogP contribution in [0.3, 0.4) is 0 Å². The molecule has 0 fully saturated rings. The van der Waals surface area contributed by atoms with Crippen molar-refractivity contribution in [1.29, 1.82) is 0 Å². The van der Waals surface area contributed by atoms with E-state index in [0.717, 1.165) is 25.7 Å². The van der Waals surface area contributed by atoms with Crippen molar-refractivity contribution in [3.8, 4) is 5.75 Å². The maximum Gasteiger partial charge on any atom is 0.328 e. The average molecular weight is 334 g/mol. The predicted octanol–water partition coefficient (Wildman–Crippen LogP) is 3.94. The molecule has 0 aliphatic carbocycles. The molecule has 0 unspecified atom stereocenters. The number of hydrogen-bond acceptors (Lipinski definition) is 5. The fourth-order valence-electron chi connectivity index (χ4n) is 1.95.